The van der Waals surface area contributed by atoms with Crippen LogP contribution in [0.3, 0.4) is 0 Å². The number of benzene rings is 2. The van der Waals surface area contributed by atoms with E-state index in [1.165, 1.54) is 36.4 Å². The van der Waals surface area contributed by atoms with Crippen molar-refractivity contribution >= 4 is 11.8 Å². The fourth-order valence-electron chi connectivity index (χ4n) is 1.87. The fraction of sp³-hybridized carbons (Fsp3) is 0.125. The Kier molecular flexibility index (Phi) is 5.48. The Morgan fingerprint density at radius 2 is 1.64 bits per heavy atom. The summed E-state index contributed by atoms with van der Waals surface area (Å²) >= 11 is 0. The van der Waals surface area contributed by atoms with Gasteiger partial charge in [-0.1, -0.05) is 24.3 Å². The van der Waals surface area contributed by atoms with Gasteiger partial charge in [0, 0.05) is 0 Å². The molecule has 2 aromatic carbocycles. The molecular weight excluding hydrogens is 341 g/mol. The number of phenolic OH excluding ortho intramolecular Hbond substituents is 1. The summed E-state index contributed by atoms with van der Waals surface area (Å²) in [5.41, 5.74) is 2.91. The van der Waals surface area contributed by atoms with Crippen LogP contribution in [0.5, 0.6) is 11.5 Å². The summed E-state index contributed by atoms with van der Waals surface area (Å²) in [6.45, 7) is -0.742. The summed E-state index contributed by atoms with van der Waals surface area (Å²) < 4.78 is 43.2. The van der Waals surface area contributed by atoms with Crippen LogP contribution in [0, 0.1) is 0 Å². The molecule has 0 bridgehead atoms. The van der Waals surface area contributed by atoms with Crippen LogP contribution >= 0.6 is 0 Å². The lowest BCUT2D eigenvalue weighted by molar-refractivity contribution is -0.139. The second-order valence-electron chi connectivity index (χ2n) is 4.80. The number of halogens is 3. The van der Waals surface area contributed by atoms with E-state index in [2.05, 4.69) is 0 Å². The van der Waals surface area contributed by atoms with Crippen molar-refractivity contribution in [3.8, 4) is 11.5 Å². The second-order valence-corrected chi connectivity index (χ2v) is 4.80. The first-order valence-electron chi connectivity index (χ1n) is 6.95. The zero-order valence-electron chi connectivity index (χ0n) is 12.6. The molecule has 0 saturated carbocycles. The van der Waals surface area contributed by atoms with Crippen LogP contribution in [0.25, 0.3) is 0 Å². The topological polar surface area (TPSA) is 87.7 Å². The fourth-order valence-corrected chi connectivity index (χ4v) is 1.87. The summed E-state index contributed by atoms with van der Waals surface area (Å²) in [6, 6.07) is 10.1. The number of hydrogen-bond acceptors (Lipinski definition) is 4. The van der Waals surface area contributed by atoms with Crippen LogP contribution in [-0.4, -0.2) is 23.5 Å². The molecule has 132 valence electrons. The second kappa shape index (κ2) is 7.56. The molecule has 0 unspecified atom stereocenters. The number of alkyl halides is 3. The lowest BCUT2D eigenvalue weighted by atomic mass is 10.2. The van der Waals surface area contributed by atoms with E-state index in [-0.39, 0.29) is 11.3 Å². The van der Waals surface area contributed by atoms with Gasteiger partial charge in [0.15, 0.2) is 6.61 Å². The van der Waals surface area contributed by atoms with Crippen molar-refractivity contribution in [2.24, 2.45) is 0 Å². The standard InChI is InChI=1S/C16H13F3N2O4/c17-16(18,19)11-6-2-4-8-13(11)25-9-14(23)20-21-15(24)10-5-1-3-7-12(10)22/h1-8,22H,9H2,(H,20,23)(H,21,24). The number of amides is 2. The van der Waals surface area contributed by atoms with Gasteiger partial charge in [0.2, 0.25) is 0 Å². The van der Waals surface area contributed by atoms with Crippen LogP contribution in [0.2, 0.25) is 0 Å². The number of ether oxygens (including phenoxy) is 1. The number of rotatable bonds is 4. The summed E-state index contributed by atoms with van der Waals surface area (Å²) in [6.07, 6.45) is -4.62. The normalized spacial score (nSPS) is 10.8. The lowest BCUT2D eigenvalue weighted by Gasteiger charge is -2.13. The molecule has 0 atom stereocenters. The molecule has 2 rings (SSSR count). The van der Waals surface area contributed by atoms with Gasteiger partial charge in [-0.15, -0.1) is 0 Å². The number of para-hydroxylation sites is 2. The molecule has 0 aromatic heterocycles. The lowest BCUT2D eigenvalue weighted by Crippen LogP contribution is -2.43. The molecule has 0 heterocycles. The number of phenols is 1. The summed E-state index contributed by atoms with van der Waals surface area (Å²) in [4.78, 5) is 23.4. The van der Waals surface area contributed by atoms with Crippen LogP contribution in [0.1, 0.15) is 15.9 Å². The molecule has 2 aromatic rings. The molecule has 3 N–H and O–H groups in total. The average molecular weight is 354 g/mol. The summed E-state index contributed by atoms with van der Waals surface area (Å²) in [5, 5.41) is 9.50. The molecule has 0 radical (unpaired) electrons. The predicted molar refractivity (Wildman–Crippen MR) is 80.7 cm³/mol. The molecule has 0 spiro atoms. The molecule has 0 aliphatic heterocycles. The van der Waals surface area contributed by atoms with Crippen LogP contribution in [0.4, 0.5) is 13.2 Å². The Morgan fingerprint density at radius 1 is 1.00 bits per heavy atom. The molecule has 25 heavy (non-hydrogen) atoms. The third-order valence-corrected chi connectivity index (χ3v) is 3.02. The minimum atomic E-state index is -4.62. The van der Waals surface area contributed by atoms with Crippen molar-refractivity contribution in [1.82, 2.24) is 10.9 Å². The monoisotopic (exact) mass is 354 g/mol. The van der Waals surface area contributed by atoms with E-state index in [0.717, 1.165) is 12.1 Å². The zero-order valence-corrected chi connectivity index (χ0v) is 12.6. The predicted octanol–water partition coefficient (Wildman–Crippen LogP) is 2.25. The van der Waals surface area contributed by atoms with E-state index < -0.39 is 35.9 Å². The molecule has 9 heteroatoms. The van der Waals surface area contributed by atoms with Gasteiger partial charge in [0.1, 0.15) is 11.5 Å². The van der Waals surface area contributed by atoms with Crippen molar-refractivity contribution in [2.45, 2.75) is 6.18 Å². The summed E-state index contributed by atoms with van der Waals surface area (Å²) in [5.74, 6) is -2.45. The highest BCUT2D eigenvalue weighted by atomic mass is 19.4. The molecule has 6 nitrogen and oxygen atoms in total. The first-order valence-corrected chi connectivity index (χ1v) is 6.95. The maximum absolute atomic E-state index is 12.8. The average Bonchev–Trinajstić information content (AvgIpc) is 2.57. The third-order valence-electron chi connectivity index (χ3n) is 3.02. The quantitative estimate of drug-likeness (QED) is 0.735. The van der Waals surface area contributed by atoms with Crippen molar-refractivity contribution in [1.29, 1.82) is 0 Å². The van der Waals surface area contributed by atoms with E-state index in [9.17, 15) is 27.9 Å². The Morgan fingerprint density at radius 3 is 2.32 bits per heavy atom. The molecule has 2 amide bonds. The van der Waals surface area contributed by atoms with Gasteiger partial charge >= 0.3 is 6.18 Å². The minimum Gasteiger partial charge on any atom is -0.507 e. The highest BCUT2D eigenvalue weighted by Gasteiger charge is 2.34. The Bertz CT molecular complexity index is 778. The van der Waals surface area contributed by atoms with Crippen LogP contribution in [-0.2, 0) is 11.0 Å². The van der Waals surface area contributed by atoms with Crippen LogP contribution in [0.15, 0.2) is 48.5 Å². The Hall–Kier alpha value is -3.23. The first-order chi connectivity index (χ1) is 11.8. The van der Waals surface area contributed by atoms with E-state index in [0.29, 0.717) is 0 Å². The van der Waals surface area contributed by atoms with E-state index in [4.69, 9.17) is 4.74 Å². The van der Waals surface area contributed by atoms with Crippen molar-refractivity contribution in [3.63, 3.8) is 0 Å². The zero-order chi connectivity index (χ0) is 18.4. The SMILES string of the molecule is O=C(COc1ccccc1C(F)(F)F)NNC(=O)c1ccccc1O. The Balaban J connectivity index is 1.90. The number of nitrogens with one attached hydrogen (secondary N) is 2. The van der Waals surface area contributed by atoms with E-state index in [1.54, 1.807) is 0 Å². The summed E-state index contributed by atoms with van der Waals surface area (Å²) in [7, 11) is 0. The molecule has 0 aliphatic rings. The van der Waals surface area contributed by atoms with Gasteiger partial charge in [-0.2, -0.15) is 13.2 Å². The van der Waals surface area contributed by atoms with Gasteiger partial charge in [-0.3, -0.25) is 20.4 Å². The number of hydrogen-bond donors (Lipinski definition) is 3. The Labute approximate surface area is 140 Å². The van der Waals surface area contributed by atoms with Gasteiger partial charge in [-0.25, -0.2) is 0 Å². The highest BCUT2D eigenvalue weighted by Crippen LogP contribution is 2.35. The molecule has 0 aliphatic carbocycles. The third kappa shape index (κ3) is 4.87. The van der Waals surface area contributed by atoms with Gasteiger partial charge in [0.05, 0.1) is 11.1 Å². The number of carbonyl (C=O) groups excluding carboxylic acids is 2. The minimum absolute atomic E-state index is 0.0777. The first kappa shape index (κ1) is 18.1. The molecule has 0 fully saturated rings. The largest absolute Gasteiger partial charge is 0.507 e. The van der Waals surface area contributed by atoms with E-state index in [1.807, 2.05) is 10.9 Å². The number of carbonyl (C=O) groups is 2. The molecular formula is C16H13F3N2O4. The van der Waals surface area contributed by atoms with E-state index >= 15 is 0 Å². The van der Waals surface area contributed by atoms with Crippen LogP contribution < -0.4 is 15.6 Å². The van der Waals surface area contributed by atoms with Crippen molar-refractivity contribution in [3.05, 3.63) is 59.7 Å². The van der Waals surface area contributed by atoms with Gasteiger partial charge in [0.25, 0.3) is 11.8 Å². The van der Waals surface area contributed by atoms with Gasteiger partial charge < -0.3 is 9.84 Å². The van der Waals surface area contributed by atoms with Gasteiger partial charge in [-0.05, 0) is 24.3 Å². The smallest absolute Gasteiger partial charge is 0.419 e. The maximum atomic E-state index is 12.8. The molecule has 0 saturated heterocycles. The van der Waals surface area contributed by atoms with Crippen molar-refractivity contribution < 1.29 is 32.6 Å². The highest BCUT2D eigenvalue weighted by molar-refractivity contribution is 5.97. The number of aromatic hydroxyl groups is 1. The number of hydrazine groups is 1. The maximum Gasteiger partial charge on any atom is 0.419 e. The van der Waals surface area contributed by atoms with Crippen molar-refractivity contribution in [2.75, 3.05) is 6.61 Å².